The molecule has 2 spiro atoms. The molecule has 6 aliphatic rings. The van der Waals surface area contributed by atoms with E-state index in [0.717, 1.165) is 51.4 Å². The largest absolute Gasteiger partial charge is 0.342 e. The van der Waals surface area contributed by atoms with Crippen LogP contribution in [0.25, 0.3) is 0 Å². The summed E-state index contributed by atoms with van der Waals surface area (Å²) >= 11 is -1.66. The maximum absolute atomic E-state index is 14.8. The Morgan fingerprint density at radius 2 is 1.59 bits per heavy atom. The Labute approximate surface area is 296 Å². The SMILES string of the molecule is CCC1CC1(NC(=O)C1CC2(CN1C(=O)C(NC(=O)C(N)C1CCCCC1)C(C)(C)C)CC1(CCC1)C2(C)C)C(=O)NS(=O)N1CCCC1. The molecule has 0 bridgehead atoms. The Morgan fingerprint density at radius 1 is 0.939 bits per heavy atom. The smallest absolute Gasteiger partial charge is 0.258 e. The zero-order chi connectivity index (χ0) is 35.6. The van der Waals surface area contributed by atoms with E-state index >= 15 is 0 Å². The molecule has 7 atom stereocenters. The summed E-state index contributed by atoms with van der Waals surface area (Å²) in [4.78, 5) is 58.4. The van der Waals surface area contributed by atoms with E-state index in [2.05, 4.69) is 29.2 Å². The van der Waals surface area contributed by atoms with Gasteiger partial charge < -0.3 is 21.3 Å². The summed E-state index contributed by atoms with van der Waals surface area (Å²) in [6.07, 6.45) is 13.2. The van der Waals surface area contributed by atoms with Gasteiger partial charge in [-0.2, -0.15) is 0 Å². The first-order chi connectivity index (χ1) is 23.0. The third-order valence-corrected chi connectivity index (χ3v) is 15.5. The summed E-state index contributed by atoms with van der Waals surface area (Å²) < 4.78 is 17.5. The van der Waals surface area contributed by atoms with Gasteiger partial charge in [-0.25, -0.2) is 8.51 Å². The standard InChI is InChI=1S/C37H62N6O5S/c1-7-25-20-37(25,32(47)41-49(48)42-18-11-12-19-42)40-29(44)26-21-36(22-35(16-13-17-35)34(36,5)6)23-43(26)31(46)28(33(2,3)4)39-30(45)27(38)24-14-9-8-10-15-24/h24-28H,7-23,38H2,1-6H3,(H,39,45)(H,40,44)(H,41,47). The summed E-state index contributed by atoms with van der Waals surface area (Å²) in [5, 5.41) is 6.19. The first-order valence-electron chi connectivity index (χ1n) is 19.2. The van der Waals surface area contributed by atoms with Crippen LogP contribution in [0.2, 0.25) is 0 Å². The molecule has 0 aromatic rings. The molecule has 2 saturated heterocycles. The molecule has 276 valence electrons. The van der Waals surface area contributed by atoms with Crippen LogP contribution in [0.5, 0.6) is 0 Å². The van der Waals surface area contributed by atoms with Crippen LogP contribution in [0.15, 0.2) is 0 Å². The maximum Gasteiger partial charge on any atom is 0.258 e. The molecule has 2 heterocycles. The lowest BCUT2D eigenvalue weighted by Gasteiger charge is -2.72. The van der Waals surface area contributed by atoms with Crippen LogP contribution in [0, 0.1) is 33.5 Å². The van der Waals surface area contributed by atoms with Gasteiger partial charge in [-0.15, -0.1) is 0 Å². The Kier molecular flexibility index (Phi) is 9.88. The molecule has 6 rings (SSSR count). The molecule has 4 amide bonds. The minimum Gasteiger partial charge on any atom is -0.342 e. The van der Waals surface area contributed by atoms with Crippen molar-refractivity contribution in [2.75, 3.05) is 19.6 Å². The van der Waals surface area contributed by atoms with Crippen molar-refractivity contribution in [2.24, 2.45) is 39.2 Å². The quantitative estimate of drug-likeness (QED) is 0.273. The molecule has 12 heteroatoms. The summed E-state index contributed by atoms with van der Waals surface area (Å²) in [6, 6.07) is -2.34. The Morgan fingerprint density at radius 3 is 2.12 bits per heavy atom. The molecule has 4 saturated carbocycles. The second-order valence-electron chi connectivity index (χ2n) is 18.2. The molecule has 6 fully saturated rings. The van der Waals surface area contributed by atoms with Crippen molar-refractivity contribution in [3.63, 3.8) is 0 Å². The van der Waals surface area contributed by atoms with E-state index in [1.165, 1.54) is 19.3 Å². The minimum absolute atomic E-state index is 0.0666. The second kappa shape index (κ2) is 13.2. The molecular formula is C37H62N6O5S. The highest BCUT2D eigenvalue weighted by Crippen LogP contribution is 2.78. The highest BCUT2D eigenvalue weighted by molar-refractivity contribution is 7.81. The molecule has 0 aromatic carbocycles. The lowest BCUT2D eigenvalue weighted by atomic mass is 9.32. The zero-order valence-electron chi connectivity index (χ0n) is 30.8. The van der Waals surface area contributed by atoms with Crippen LogP contribution < -0.4 is 21.1 Å². The summed E-state index contributed by atoms with van der Waals surface area (Å²) in [5.41, 5.74) is 4.66. The Hall–Kier alpha value is -2.05. The lowest BCUT2D eigenvalue weighted by Crippen LogP contribution is -2.66. The van der Waals surface area contributed by atoms with Gasteiger partial charge in [-0.1, -0.05) is 73.6 Å². The van der Waals surface area contributed by atoms with Crippen molar-refractivity contribution in [3.05, 3.63) is 0 Å². The number of likely N-dealkylation sites (tertiary alicyclic amines) is 1. The number of nitrogens with two attached hydrogens (primary N) is 1. The predicted molar refractivity (Wildman–Crippen MR) is 190 cm³/mol. The van der Waals surface area contributed by atoms with Crippen molar-refractivity contribution < 1.29 is 23.4 Å². The Bertz CT molecular complexity index is 1350. The van der Waals surface area contributed by atoms with Gasteiger partial charge in [-0.3, -0.25) is 23.9 Å². The third-order valence-electron chi connectivity index (χ3n) is 14.3. The molecule has 7 unspecified atom stereocenters. The zero-order valence-corrected chi connectivity index (χ0v) is 31.6. The highest BCUT2D eigenvalue weighted by atomic mass is 32.2. The van der Waals surface area contributed by atoms with Gasteiger partial charge in [0.05, 0.1) is 6.04 Å². The molecule has 4 aliphatic carbocycles. The van der Waals surface area contributed by atoms with Gasteiger partial charge >= 0.3 is 0 Å². The van der Waals surface area contributed by atoms with Crippen LogP contribution in [-0.2, 0) is 30.3 Å². The minimum atomic E-state index is -1.66. The van der Waals surface area contributed by atoms with Crippen molar-refractivity contribution in [1.82, 2.24) is 24.6 Å². The van der Waals surface area contributed by atoms with Crippen LogP contribution >= 0.6 is 0 Å². The van der Waals surface area contributed by atoms with Crippen molar-refractivity contribution >= 4 is 34.8 Å². The number of hydrogen-bond acceptors (Lipinski definition) is 6. The van der Waals surface area contributed by atoms with Gasteiger partial charge in [0.25, 0.3) is 5.91 Å². The number of nitrogens with zero attached hydrogens (tertiary/aromatic N) is 2. The fraction of sp³-hybridized carbons (Fsp3) is 0.892. The van der Waals surface area contributed by atoms with Gasteiger partial charge in [-0.05, 0) is 91.3 Å². The number of hydrogen-bond donors (Lipinski definition) is 4. The molecule has 0 radical (unpaired) electrons. The van der Waals surface area contributed by atoms with Crippen LogP contribution in [0.1, 0.15) is 131 Å². The van der Waals surface area contributed by atoms with Crippen LogP contribution in [-0.4, -0.2) is 80.3 Å². The maximum atomic E-state index is 14.8. The van der Waals surface area contributed by atoms with E-state index in [1.54, 1.807) is 9.21 Å². The first-order valence-corrected chi connectivity index (χ1v) is 20.3. The monoisotopic (exact) mass is 702 g/mol. The number of carbonyl (C=O) groups excluding carboxylic acids is 4. The lowest BCUT2D eigenvalue weighted by molar-refractivity contribution is -0.231. The number of rotatable bonds is 10. The van der Waals surface area contributed by atoms with Crippen LogP contribution in [0.4, 0.5) is 0 Å². The number of nitrogens with one attached hydrogen (secondary N) is 3. The molecule has 49 heavy (non-hydrogen) atoms. The van der Waals surface area contributed by atoms with E-state index in [1.807, 2.05) is 27.7 Å². The topological polar surface area (TPSA) is 154 Å². The highest BCUT2D eigenvalue weighted by Gasteiger charge is 2.73. The van der Waals surface area contributed by atoms with Crippen LogP contribution in [0.3, 0.4) is 0 Å². The van der Waals surface area contributed by atoms with E-state index in [-0.39, 0.29) is 45.8 Å². The van der Waals surface area contributed by atoms with Crippen molar-refractivity contribution in [3.8, 4) is 0 Å². The van der Waals surface area contributed by atoms with Gasteiger partial charge in [0.1, 0.15) is 17.6 Å². The Balaban J connectivity index is 1.25. The molecule has 11 nitrogen and oxygen atoms in total. The molecule has 5 N–H and O–H groups in total. The van der Waals surface area contributed by atoms with Gasteiger partial charge in [0.2, 0.25) is 17.7 Å². The second-order valence-corrected chi connectivity index (χ2v) is 19.4. The molecule has 2 aliphatic heterocycles. The summed E-state index contributed by atoms with van der Waals surface area (Å²) in [5.74, 6) is -1.31. The third kappa shape index (κ3) is 6.27. The summed E-state index contributed by atoms with van der Waals surface area (Å²) in [7, 11) is 0. The van der Waals surface area contributed by atoms with Crippen molar-refractivity contribution in [2.45, 2.75) is 155 Å². The average molecular weight is 703 g/mol. The predicted octanol–water partition coefficient (Wildman–Crippen LogP) is 3.69. The normalized spacial score (nSPS) is 34.1. The molecular weight excluding hydrogens is 641 g/mol. The number of amides is 4. The fourth-order valence-corrected chi connectivity index (χ4v) is 11.5. The van der Waals surface area contributed by atoms with E-state index in [9.17, 15) is 23.4 Å². The van der Waals surface area contributed by atoms with E-state index in [0.29, 0.717) is 38.9 Å². The fourth-order valence-electron chi connectivity index (χ4n) is 10.4. The van der Waals surface area contributed by atoms with Gasteiger partial charge in [0, 0.05) is 19.6 Å². The number of carbonyl (C=O) groups is 4. The van der Waals surface area contributed by atoms with E-state index in [4.69, 9.17) is 5.73 Å². The first kappa shape index (κ1) is 36.7. The van der Waals surface area contributed by atoms with Gasteiger partial charge in [0.15, 0.2) is 11.2 Å². The average Bonchev–Trinajstić information content (AvgIpc) is 3.35. The summed E-state index contributed by atoms with van der Waals surface area (Å²) in [6.45, 7) is 14.2. The van der Waals surface area contributed by atoms with Crippen molar-refractivity contribution in [1.29, 1.82) is 0 Å². The van der Waals surface area contributed by atoms with E-state index < -0.39 is 46.2 Å². The molecule has 0 aromatic heterocycles.